The highest BCUT2D eigenvalue weighted by Crippen LogP contribution is 2.32. The zero-order valence-electron chi connectivity index (χ0n) is 13.8. The number of nitrogens with zero attached hydrogens (tertiary/aromatic N) is 1. The third-order valence-electron chi connectivity index (χ3n) is 4.70. The molecule has 1 fully saturated rings. The van der Waals surface area contributed by atoms with Crippen LogP contribution in [0.4, 0.5) is 0 Å². The summed E-state index contributed by atoms with van der Waals surface area (Å²) in [5, 5.41) is 12.2. The molecule has 0 amide bonds. The molecule has 1 atom stereocenters. The summed E-state index contributed by atoms with van der Waals surface area (Å²) in [6.07, 6.45) is 1.18. The number of morpholine rings is 1. The third-order valence-corrected chi connectivity index (χ3v) is 5.07. The Morgan fingerprint density at radius 1 is 1.00 bits per heavy atom. The molecular formula is C20H24ClNO2. The monoisotopic (exact) mass is 345 g/mol. The molecule has 128 valence electrons. The van der Waals surface area contributed by atoms with Gasteiger partial charge in [-0.3, -0.25) is 4.90 Å². The number of benzene rings is 2. The molecule has 0 saturated carbocycles. The highest BCUT2D eigenvalue weighted by molar-refractivity contribution is 6.31. The van der Waals surface area contributed by atoms with Gasteiger partial charge < -0.3 is 9.84 Å². The normalized spacial score (nSPS) is 18.2. The molecule has 0 radical (unpaired) electrons. The van der Waals surface area contributed by atoms with Gasteiger partial charge in [0, 0.05) is 31.1 Å². The number of hydrogen-bond acceptors (Lipinski definition) is 3. The highest BCUT2D eigenvalue weighted by Gasteiger charge is 2.31. The molecule has 4 heteroatoms. The Labute approximate surface area is 148 Å². The lowest BCUT2D eigenvalue weighted by atomic mass is 9.84. The second kappa shape index (κ2) is 8.13. The van der Waals surface area contributed by atoms with E-state index in [0.29, 0.717) is 17.9 Å². The van der Waals surface area contributed by atoms with Crippen LogP contribution in [0.3, 0.4) is 0 Å². The molecule has 2 aromatic rings. The van der Waals surface area contributed by atoms with Crippen LogP contribution in [0.2, 0.25) is 5.02 Å². The van der Waals surface area contributed by atoms with Gasteiger partial charge in [-0.05, 0) is 23.6 Å². The first kappa shape index (κ1) is 17.4. The smallest absolute Gasteiger partial charge is 0.0949 e. The van der Waals surface area contributed by atoms with E-state index < -0.39 is 5.60 Å². The van der Waals surface area contributed by atoms with Gasteiger partial charge in [0.2, 0.25) is 0 Å². The van der Waals surface area contributed by atoms with Gasteiger partial charge in [0.15, 0.2) is 0 Å². The molecule has 0 spiro atoms. The van der Waals surface area contributed by atoms with Crippen LogP contribution in [0.1, 0.15) is 17.5 Å². The Morgan fingerprint density at radius 3 is 2.38 bits per heavy atom. The van der Waals surface area contributed by atoms with Crippen molar-refractivity contribution in [1.29, 1.82) is 0 Å². The molecule has 1 aliphatic rings. The van der Waals surface area contributed by atoms with Crippen LogP contribution in [0.25, 0.3) is 0 Å². The van der Waals surface area contributed by atoms with Gasteiger partial charge in [-0.1, -0.05) is 60.1 Å². The number of halogens is 1. The van der Waals surface area contributed by atoms with Gasteiger partial charge in [0.05, 0.1) is 18.8 Å². The van der Waals surface area contributed by atoms with E-state index >= 15 is 0 Å². The molecule has 2 aromatic carbocycles. The van der Waals surface area contributed by atoms with E-state index in [1.54, 1.807) is 0 Å². The van der Waals surface area contributed by atoms with E-state index in [9.17, 15) is 5.11 Å². The van der Waals surface area contributed by atoms with Gasteiger partial charge >= 0.3 is 0 Å². The van der Waals surface area contributed by atoms with Crippen molar-refractivity contribution in [2.75, 3.05) is 32.8 Å². The molecule has 1 aliphatic heterocycles. The first-order valence-electron chi connectivity index (χ1n) is 8.49. The van der Waals surface area contributed by atoms with Gasteiger partial charge in [-0.2, -0.15) is 0 Å². The summed E-state index contributed by atoms with van der Waals surface area (Å²) in [6.45, 7) is 4.25. The van der Waals surface area contributed by atoms with Crippen LogP contribution >= 0.6 is 11.6 Å². The van der Waals surface area contributed by atoms with Crippen molar-refractivity contribution in [2.24, 2.45) is 0 Å². The lowest BCUT2D eigenvalue weighted by Crippen LogP contribution is -2.40. The minimum Gasteiger partial charge on any atom is -0.385 e. The second-order valence-electron chi connectivity index (χ2n) is 6.37. The third kappa shape index (κ3) is 4.37. The Bertz CT molecular complexity index is 643. The Morgan fingerprint density at radius 2 is 1.67 bits per heavy atom. The minimum atomic E-state index is -0.926. The molecule has 1 unspecified atom stereocenters. The summed E-state index contributed by atoms with van der Waals surface area (Å²) in [6, 6.07) is 17.7. The summed E-state index contributed by atoms with van der Waals surface area (Å²) in [7, 11) is 0. The minimum absolute atomic E-state index is 0.515. The van der Waals surface area contributed by atoms with Crippen molar-refractivity contribution in [3.63, 3.8) is 0 Å². The average Bonchev–Trinajstić information content (AvgIpc) is 2.64. The second-order valence-corrected chi connectivity index (χ2v) is 6.78. The van der Waals surface area contributed by atoms with Gasteiger partial charge in [-0.25, -0.2) is 0 Å². The predicted octanol–water partition coefficient (Wildman–Crippen LogP) is 3.49. The Balaban J connectivity index is 1.79. The molecule has 0 bridgehead atoms. The van der Waals surface area contributed by atoms with Crippen LogP contribution in [0.5, 0.6) is 0 Å². The molecule has 3 nitrogen and oxygen atoms in total. The Hall–Kier alpha value is -1.39. The van der Waals surface area contributed by atoms with E-state index in [0.717, 1.165) is 44.0 Å². The van der Waals surface area contributed by atoms with E-state index in [1.807, 2.05) is 54.6 Å². The molecule has 1 heterocycles. The molecule has 1 N–H and O–H groups in total. The lowest BCUT2D eigenvalue weighted by molar-refractivity contribution is -0.00450. The number of aliphatic hydroxyl groups is 1. The number of rotatable bonds is 6. The van der Waals surface area contributed by atoms with Crippen LogP contribution in [0.15, 0.2) is 54.6 Å². The standard InChI is InChI=1S/C20H24ClNO2/c21-19-9-5-4-6-17(19)16-20(23,18-7-2-1-3-8-18)10-11-22-12-14-24-15-13-22/h1-9,23H,10-16H2. The van der Waals surface area contributed by atoms with Crippen LogP contribution < -0.4 is 0 Å². The fraction of sp³-hybridized carbons (Fsp3) is 0.400. The van der Waals surface area contributed by atoms with Crippen molar-refractivity contribution in [2.45, 2.75) is 18.4 Å². The zero-order chi connectivity index (χ0) is 16.8. The maximum absolute atomic E-state index is 11.5. The first-order valence-corrected chi connectivity index (χ1v) is 8.87. The van der Waals surface area contributed by atoms with Gasteiger partial charge in [-0.15, -0.1) is 0 Å². The first-order chi connectivity index (χ1) is 11.7. The maximum Gasteiger partial charge on any atom is 0.0949 e. The van der Waals surface area contributed by atoms with Crippen molar-refractivity contribution in [3.05, 3.63) is 70.7 Å². The van der Waals surface area contributed by atoms with E-state index in [2.05, 4.69) is 4.90 Å². The van der Waals surface area contributed by atoms with E-state index in [1.165, 1.54) is 0 Å². The van der Waals surface area contributed by atoms with Crippen LogP contribution in [-0.2, 0) is 16.8 Å². The highest BCUT2D eigenvalue weighted by atomic mass is 35.5. The summed E-state index contributed by atoms with van der Waals surface area (Å²) in [5.74, 6) is 0. The fourth-order valence-corrected chi connectivity index (χ4v) is 3.41. The SMILES string of the molecule is OC(CCN1CCOCC1)(Cc1ccccc1Cl)c1ccccc1. The van der Waals surface area contributed by atoms with Crippen LogP contribution in [-0.4, -0.2) is 42.9 Å². The fourth-order valence-electron chi connectivity index (χ4n) is 3.21. The largest absolute Gasteiger partial charge is 0.385 e. The van der Waals surface area contributed by atoms with E-state index in [4.69, 9.17) is 16.3 Å². The summed E-state index contributed by atoms with van der Waals surface area (Å²) < 4.78 is 5.41. The molecule has 0 aromatic heterocycles. The zero-order valence-corrected chi connectivity index (χ0v) is 14.6. The maximum atomic E-state index is 11.5. The topological polar surface area (TPSA) is 32.7 Å². The predicted molar refractivity (Wildman–Crippen MR) is 97.4 cm³/mol. The molecule has 24 heavy (non-hydrogen) atoms. The molecular weight excluding hydrogens is 322 g/mol. The quantitative estimate of drug-likeness (QED) is 0.869. The summed E-state index contributed by atoms with van der Waals surface area (Å²) >= 11 is 6.33. The van der Waals surface area contributed by atoms with Crippen molar-refractivity contribution >= 4 is 11.6 Å². The summed E-state index contributed by atoms with van der Waals surface area (Å²) in [4.78, 5) is 2.35. The van der Waals surface area contributed by atoms with Crippen molar-refractivity contribution in [3.8, 4) is 0 Å². The van der Waals surface area contributed by atoms with Crippen molar-refractivity contribution in [1.82, 2.24) is 4.90 Å². The van der Waals surface area contributed by atoms with Crippen LogP contribution in [0, 0.1) is 0 Å². The van der Waals surface area contributed by atoms with E-state index in [-0.39, 0.29) is 0 Å². The van der Waals surface area contributed by atoms with Crippen molar-refractivity contribution < 1.29 is 9.84 Å². The molecule has 3 rings (SSSR count). The Kier molecular flexibility index (Phi) is 5.90. The summed E-state index contributed by atoms with van der Waals surface area (Å²) in [5.41, 5.74) is 0.996. The molecule has 0 aliphatic carbocycles. The number of ether oxygens (including phenoxy) is 1. The van der Waals surface area contributed by atoms with Gasteiger partial charge in [0.1, 0.15) is 0 Å². The molecule has 1 saturated heterocycles. The van der Waals surface area contributed by atoms with Gasteiger partial charge in [0.25, 0.3) is 0 Å². The number of hydrogen-bond donors (Lipinski definition) is 1. The average molecular weight is 346 g/mol. The lowest BCUT2D eigenvalue weighted by Gasteiger charge is -2.33.